The van der Waals surface area contributed by atoms with Gasteiger partial charge in [-0.2, -0.15) is 5.10 Å². The molecule has 0 aliphatic carbocycles. The highest BCUT2D eigenvalue weighted by Crippen LogP contribution is 2.23. The molecule has 1 saturated heterocycles. The number of halogens is 1. The number of nitrogens with one attached hydrogen (secondary N) is 1. The smallest absolute Gasteiger partial charge is 0.167 e. The molecule has 1 aliphatic heterocycles. The third-order valence-corrected chi connectivity index (χ3v) is 4.23. The lowest BCUT2D eigenvalue weighted by molar-refractivity contribution is 0.0808. The van der Waals surface area contributed by atoms with Crippen LogP contribution in [0.4, 0.5) is 0 Å². The van der Waals surface area contributed by atoms with Gasteiger partial charge < -0.3 is 0 Å². The number of hydrogen-bond donors (Lipinski definition) is 1. The highest BCUT2D eigenvalue weighted by molar-refractivity contribution is 6.31. The van der Waals surface area contributed by atoms with Crippen molar-refractivity contribution in [2.45, 2.75) is 26.3 Å². The number of H-pyrrole nitrogens is 1. The molecule has 0 spiro atoms. The minimum atomic E-state index is 0.0206. The van der Waals surface area contributed by atoms with Crippen molar-refractivity contribution < 1.29 is 4.79 Å². The van der Waals surface area contributed by atoms with E-state index in [4.69, 9.17) is 11.6 Å². The third-order valence-electron chi connectivity index (χ3n) is 3.99. The van der Waals surface area contributed by atoms with E-state index in [0.717, 1.165) is 37.6 Å². The number of aromatic nitrogens is 3. The summed E-state index contributed by atoms with van der Waals surface area (Å²) in [6, 6.07) is 7.21. The maximum Gasteiger partial charge on any atom is 0.167 e. The molecule has 0 radical (unpaired) electrons. The summed E-state index contributed by atoms with van der Waals surface area (Å²) in [5.41, 5.74) is 0.702. The van der Waals surface area contributed by atoms with Gasteiger partial charge in [0.25, 0.3) is 0 Å². The van der Waals surface area contributed by atoms with Crippen molar-refractivity contribution in [2.24, 2.45) is 5.92 Å². The molecule has 0 saturated carbocycles. The predicted octanol–water partition coefficient (Wildman–Crippen LogP) is 2.86. The largest absolute Gasteiger partial charge is 0.295 e. The van der Waals surface area contributed by atoms with Crippen molar-refractivity contribution in [3.63, 3.8) is 0 Å². The van der Waals surface area contributed by atoms with E-state index in [0.29, 0.717) is 17.1 Å². The van der Waals surface area contributed by atoms with Crippen LogP contribution < -0.4 is 0 Å². The summed E-state index contributed by atoms with van der Waals surface area (Å²) < 4.78 is 0. The van der Waals surface area contributed by atoms with Crippen LogP contribution in [0, 0.1) is 12.8 Å². The van der Waals surface area contributed by atoms with Gasteiger partial charge in [-0.15, -0.1) is 0 Å². The number of Topliss-reactive ketones (excluding diaryl/α,β-unsaturated/α-hetero) is 1. The van der Waals surface area contributed by atoms with E-state index in [1.54, 1.807) is 12.1 Å². The fourth-order valence-electron chi connectivity index (χ4n) is 2.95. The van der Waals surface area contributed by atoms with Crippen LogP contribution in [0.2, 0.25) is 5.02 Å². The first-order valence-corrected chi connectivity index (χ1v) is 7.89. The van der Waals surface area contributed by atoms with Crippen LogP contribution in [0.15, 0.2) is 24.3 Å². The maximum absolute atomic E-state index is 12.6. The normalized spacial score (nSPS) is 19.3. The zero-order valence-corrected chi connectivity index (χ0v) is 13.3. The monoisotopic (exact) mass is 318 g/mol. The van der Waals surface area contributed by atoms with Crippen molar-refractivity contribution in [3.05, 3.63) is 46.5 Å². The molecule has 6 heteroatoms. The minimum Gasteiger partial charge on any atom is -0.295 e. The highest BCUT2D eigenvalue weighted by atomic mass is 35.5. The number of piperidine rings is 1. The summed E-state index contributed by atoms with van der Waals surface area (Å²) >= 11 is 5.98. The van der Waals surface area contributed by atoms with Gasteiger partial charge in [0, 0.05) is 23.0 Å². The maximum atomic E-state index is 12.6. The Kier molecular flexibility index (Phi) is 4.55. The molecule has 116 valence electrons. The molecule has 3 rings (SSSR count). The van der Waals surface area contributed by atoms with Crippen LogP contribution in [0.25, 0.3) is 0 Å². The number of nitrogens with zero attached hydrogens (tertiary/aromatic N) is 3. The molecule has 0 amide bonds. The van der Waals surface area contributed by atoms with Crippen LogP contribution in [0.5, 0.6) is 0 Å². The molecule has 0 bridgehead atoms. The van der Waals surface area contributed by atoms with Gasteiger partial charge in [-0.3, -0.25) is 14.8 Å². The Labute approximate surface area is 134 Å². The molecule has 1 fully saturated rings. The van der Waals surface area contributed by atoms with Crippen molar-refractivity contribution in [2.75, 3.05) is 13.1 Å². The molecule has 22 heavy (non-hydrogen) atoms. The van der Waals surface area contributed by atoms with E-state index >= 15 is 0 Å². The van der Waals surface area contributed by atoms with Gasteiger partial charge in [-0.05, 0) is 38.4 Å². The van der Waals surface area contributed by atoms with Crippen LogP contribution in [-0.4, -0.2) is 39.0 Å². The summed E-state index contributed by atoms with van der Waals surface area (Å²) in [4.78, 5) is 19.2. The molecule has 0 unspecified atom stereocenters. The van der Waals surface area contributed by atoms with E-state index in [1.165, 1.54) is 0 Å². The van der Waals surface area contributed by atoms with Gasteiger partial charge in [0.1, 0.15) is 5.82 Å². The Morgan fingerprint density at radius 3 is 3.09 bits per heavy atom. The zero-order chi connectivity index (χ0) is 15.5. The standard InChI is InChI=1S/C16H19ClN4O/c1-11-18-15(20-19-11)10-21-7-3-5-13(9-21)16(22)12-4-2-6-14(17)8-12/h2,4,6,8,13H,3,5,7,9-10H2,1H3,(H,18,19,20)/t13-/m1/s1. The molecule has 1 N–H and O–H groups in total. The van der Waals surface area contributed by atoms with Gasteiger partial charge in [-0.25, -0.2) is 4.98 Å². The number of carbonyl (C=O) groups is 1. The number of benzene rings is 1. The SMILES string of the molecule is Cc1nc(CN2CCC[C@@H](C(=O)c3cccc(Cl)c3)C2)n[nH]1. The summed E-state index contributed by atoms with van der Waals surface area (Å²) in [5, 5.41) is 7.63. The van der Waals surface area contributed by atoms with Crippen LogP contribution in [-0.2, 0) is 6.54 Å². The molecule has 1 aromatic heterocycles. The zero-order valence-electron chi connectivity index (χ0n) is 12.6. The Morgan fingerprint density at radius 2 is 2.36 bits per heavy atom. The molecule has 5 nitrogen and oxygen atoms in total. The van der Waals surface area contributed by atoms with Gasteiger partial charge in [-0.1, -0.05) is 23.7 Å². The number of rotatable bonds is 4. The average molecular weight is 319 g/mol. The van der Waals surface area contributed by atoms with Crippen molar-refractivity contribution in [3.8, 4) is 0 Å². The summed E-state index contributed by atoms with van der Waals surface area (Å²) in [7, 11) is 0. The van der Waals surface area contributed by atoms with Gasteiger partial charge in [0.15, 0.2) is 11.6 Å². The molecule has 1 atom stereocenters. The Hall–Kier alpha value is -1.72. The first-order chi connectivity index (χ1) is 10.6. The number of aromatic amines is 1. The second kappa shape index (κ2) is 6.58. The van der Waals surface area contributed by atoms with Crippen molar-refractivity contribution in [1.29, 1.82) is 0 Å². The summed E-state index contributed by atoms with van der Waals surface area (Å²) in [5.74, 6) is 1.80. The average Bonchev–Trinajstić information content (AvgIpc) is 2.92. The topological polar surface area (TPSA) is 61.9 Å². The molecular formula is C16H19ClN4O. The Morgan fingerprint density at radius 1 is 1.50 bits per heavy atom. The lowest BCUT2D eigenvalue weighted by atomic mass is 9.90. The molecular weight excluding hydrogens is 300 g/mol. The first-order valence-electron chi connectivity index (χ1n) is 7.52. The van der Waals surface area contributed by atoms with Crippen LogP contribution >= 0.6 is 11.6 Å². The quantitative estimate of drug-likeness (QED) is 0.881. The Balaban J connectivity index is 1.66. The second-order valence-corrected chi connectivity index (χ2v) is 6.22. The van der Waals surface area contributed by atoms with Crippen molar-refractivity contribution in [1.82, 2.24) is 20.1 Å². The number of hydrogen-bond acceptors (Lipinski definition) is 4. The third kappa shape index (κ3) is 3.54. The molecule has 1 aliphatic rings. The first kappa shape index (κ1) is 15.2. The van der Waals surface area contributed by atoms with Gasteiger partial charge in [0.2, 0.25) is 0 Å². The second-order valence-electron chi connectivity index (χ2n) is 5.79. The van der Waals surface area contributed by atoms with E-state index in [9.17, 15) is 4.79 Å². The van der Waals surface area contributed by atoms with Gasteiger partial charge in [0.05, 0.1) is 6.54 Å². The lowest BCUT2D eigenvalue weighted by Crippen LogP contribution is -2.38. The van der Waals surface area contributed by atoms with E-state index in [-0.39, 0.29) is 11.7 Å². The van der Waals surface area contributed by atoms with Crippen LogP contribution in [0.1, 0.15) is 34.8 Å². The predicted molar refractivity (Wildman–Crippen MR) is 84.9 cm³/mol. The Bertz CT molecular complexity index is 670. The summed E-state index contributed by atoms with van der Waals surface area (Å²) in [6.45, 7) is 4.30. The van der Waals surface area contributed by atoms with Crippen LogP contribution in [0.3, 0.4) is 0 Å². The van der Waals surface area contributed by atoms with E-state index in [2.05, 4.69) is 20.1 Å². The molecule has 2 aromatic rings. The fourth-order valence-corrected chi connectivity index (χ4v) is 3.14. The number of likely N-dealkylation sites (tertiary alicyclic amines) is 1. The number of aryl methyl sites for hydroxylation is 1. The number of ketones is 1. The van der Waals surface area contributed by atoms with Crippen molar-refractivity contribution >= 4 is 17.4 Å². The highest BCUT2D eigenvalue weighted by Gasteiger charge is 2.27. The lowest BCUT2D eigenvalue weighted by Gasteiger charge is -2.31. The molecule has 2 heterocycles. The van der Waals surface area contributed by atoms with E-state index in [1.807, 2.05) is 19.1 Å². The van der Waals surface area contributed by atoms with E-state index < -0.39 is 0 Å². The minimum absolute atomic E-state index is 0.0206. The summed E-state index contributed by atoms with van der Waals surface area (Å²) in [6.07, 6.45) is 1.94. The molecule has 1 aromatic carbocycles. The number of carbonyl (C=O) groups excluding carboxylic acids is 1. The fraction of sp³-hybridized carbons (Fsp3) is 0.438. The van der Waals surface area contributed by atoms with Gasteiger partial charge >= 0.3 is 0 Å².